The zero-order valence-electron chi connectivity index (χ0n) is 7.85. The quantitative estimate of drug-likeness (QED) is 0.651. The van der Waals surface area contributed by atoms with Crippen LogP contribution in [0.25, 0.3) is 0 Å². The molecule has 0 aliphatic carbocycles. The van der Waals surface area contributed by atoms with E-state index in [9.17, 15) is 0 Å². The molecule has 0 atom stereocenters. The van der Waals surface area contributed by atoms with E-state index < -0.39 is 0 Å². The summed E-state index contributed by atoms with van der Waals surface area (Å²) in [4.78, 5) is 0. The van der Waals surface area contributed by atoms with Crippen molar-refractivity contribution >= 4 is 0 Å². The summed E-state index contributed by atoms with van der Waals surface area (Å²) in [5.41, 5.74) is 9.69. The van der Waals surface area contributed by atoms with Gasteiger partial charge in [0.2, 0.25) is 0 Å². The van der Waals surface area contributed by atoms with Crippen molar-refractivity contribution in [3.8, 4) is 0 Å². The van der Waals surface area contributed by atoms with E-state index in [1.54, 1.807) is 0 Å². The van der Waals surface area contributed by atoms with E-state index in [1.807, 2.05) is 13.8 Å². The first kappa shape index (κ1) is 22.5. The summed E-state index contributed by atoms with van der Waals surface area (Å²) in [7, 11) is 0. The molecule has 0 aromatic rings. The number of hydrogen-bond donors (Lipinski definition) is 2. The zero-order chi connectivity index (χ0) is 8.12. The molecule has 10 heavy (non-hydrogen) atoms. The Morgan fingerprint density at radius 3 is 0.800 bits per heavy atom. The first-order chi connectivity index (χ1) is 4.24. The van der Waals surface area contributed by atoms with Gasteiger partial charge in [0, 0.05) is 32.7 Å². The Kier molecular flexibility index (Phi) is 113. The molecular weight excluding hydrogens is 201 g/mol. The van der Waals surface area contributed by atoms with Crippen LogP contribution in [0.5, 0.6) is 0 Å². The largest absolute Gasteiger partial charge is 0.331 e. The van der Waals surface area contributed by atoms with E-state index in [-0.39, 0.29) is 32.7 Å². The first-order valence-electron chi connectivity index (χ1n) is 3.64. The summed E-state index contributed by atoms with van der Waals surface area (Å²) in [5.74, 6) is 0. The van der Waals surface area contributed by atoms with Gasteiger partial charge in [-0.3, -0.25) is 0 Å². The van der Waals surface area contributed by atoms with E-state index in [1.165, 1.54) is 6.42 Å². The molecule has 0 saturated carbocycles. The maximum atomic E-state index is 4.85. The minimum atomic E-state index is 0. The minimum absolute atomic E-state index is 0. The Hall–Kier alpha value is 1.02. The van der Waals surface area contributed by atoms with E-state index in [2.05, 4.69) is 13.8 Å². The van der Waals surface area contributed by atoms with E-state index in [0.717, 1.165) is 13.1 Å². The average Bonchev–Trinajstić information content (AvgIpc) is 1.70. The van der Waals surface area contributed by atoms with Crippen LogP contribution >= 0.6 is 0 Å². The van der Waals surface area contributed by atoms with Gasteiger partial charge in [-0.15, -0.1) is 0 Å². The number of hydrogen-bond acceptors (Lipinski definition) is 2. The first-order valence-corrected chi connectivity index (χ1v) is 3.64. The van der Waals surface area contributed by atoms with Crippen molar-refractivity contribution in [2.75, 3.05) is 13.1 Å². The molecule has 1 radical (unpaired) electrons. The van der Waals surface area contributed by atoms with Crippen molar-refractivity contribution in [1.29, 1.82) is 0 Å². The second kappa shape index (κ2) is 50.4. The van der Waals surface area contributed by atoms with Gasteiger partial charge < -0.3 is 11.5 Å². The van der Waals surface area contributed by atoms with Gasteiger partial charge in [-0.1, -0.05) is 34.1 Å². The fourth-order valence-corrected chi connectivity index (χ4v) is 0. The Balaban J connectivity index is -0.0000000257. The van der Waals surface area contributed by atoms with Crippen LogP contribution in [0.1, 0.15) is 34.1 Å². The third-order valence-electron chi connectivity index (χ3n) is 0. The Labute approximate surface area is 91.0 Å². The summed E-state index contributed by atoms with van der Waals surface area (Å²) < 4.78 is 0. The zero-order valence-corrected chi connectivity index (χ0v) is 10.7. The van der Waals surface area contributed by atoms with Crippen molar-refractivity contribution in [2.24, 2.45) is 11.5 Å². The fraction of sp³-hybridized carbons (Fsp3) is 1.00. The Bertz CT molecular complexity index is 16.3. The van der Waals surface area contributed by atoms with Crippen molar-refractivity contribution in [2.45, 2.75) is 34.1 Å². The summed E-state index contributed by atoms with van der Waals surface area (Å²) in [5, 5.41) is 0. The predicted molar refractivity (Wildman–Crippen MR) is 45.4 cm³/mol. The third kappa shape index (κ3) is 554. The van der Waals surface area contributed by atoms with Crippen molar-refractivity contribution in [1.82, 2.24) is 0 Å². The molecule has 0 aromatic carbocycles. The van der Waals surface area contributed by atoms with Crippen LogP contribution in [0.15, 0.2) is 0 Å². The van der Waals surface area contributed by atoms with Gasteiger partial charge in [0.05, 0.1) is 0 Å². The maximum Gasteiger partial charge on any atom is 0 e. The molecule has 63 valence electrons. The summed E-state index contributed by atoms with van der Waals surface area (Å²) in [6.45, 7) is 9.56. The Morgan fingerprint density at radius 1 is 0.800 bits per heavy atom. The third-order valence-corrected chi connectivity index (χ3v) is 0. The molecule has 0 amide bonds. The predicted octanol–water partition coefficient (Wildman–Crippen LogP) is 1.34. The molecule has 4 N–H and O–H groups in total. The average molecular weight is 223 g/mol. The molecule has 0 rings (SSSR count). The molecule has 0 unspecified atom stereocenters. The number of nitrogens with two attached hydrogens (primary N) is 2. The standard InChI is InChI=1S/C3H8.2C2H7N.Y/c1-3-2;2*1-2-3;/h3H2,1-2H3;2*2-3H2,1H3;. The number of rotatable bonds is 0. The van der Waals surface area contributed by atoms with Gasteiger partial charge in [-0.25, -0.2) is 0 Å². The molecule has 0 spiro atoms. The topological polar surface area (TPSA) is 52.0 Å². The fourth-order valence-electron chi connectivity index (χ4n) is 0. The molecule has 3 heteroatoms. The van der Waals surface area contributed by atoms with Crippen molar-refractivity contribution in [3.63, 3.8) is 0 Å². The van der Waals surface area contributed by atoms with Crippen LogP contribution in [0.2, 0.25) is 0 Å². The molecule has 0 heterocycles. The second-order valence-corrected chi connectivity index (χ2v) is 1.52. The molecule has 0 aromatic heterocycles. The van der Waals surface area contributed by atoms with Gasteiger partial charge >= 0.3 is 0 Å². The molecule has 0 aliphatic rings. The summed E-state index contributed by atoms with van der Waals surface area (Å²) in [6, 6.07) is 0. The van der Waals surface area contributed by atoms with Crippen LogP contribution < -0.4 is 11.5 Å². The van der Waals surface area contributed by atoms with Crippen LogP contribution in [0.4, 0.5) is 0 Å². The summed E-state index contributed by atoms with van der Waals surface area (Å²) in [6.07, 6.45) is 1.25. The van der Waals surface area contributed by atoms with Crippen LogP contribution in [0, 0.1) is 0 Å². The molecule has 0 aliphatic heterocycles. The SMILES string of the molecule is CCC.CCN.CCN.[Y]. The molecule has 0 fully saturated rings. The van der Waals surface area contributed by atoms with E-state index >= 15 is 0 Å². The molecule has 0 saturated heterocycles. The van der Waals surface area contributed by atoms with Crippen molar-refractivity contribution in [3.05, 3.63) is 0 Å². The van der Waals surface area contributed by atoms with Gasteiger partial charge in [-0.2, -0.15) is 0 Å². The molecule has 2 nitrogen and oxygen atoms in total. The van der Waals surface area contributed by atoms with Gasteiger partial charge in [-0.05, 0) is 13.1 Å². The maximum absolute atomic E-state index is 4.85. The normalized spacial score (nSPS) is 5.40. The van der Waals surface area contributed by atoms with Gasteiger partial charge in [0.1, 0.15) is 0 Å². The smallest absolute Gasteiger partial charge is 0 e. The minimum Gasteiger partial charge on any atom is -0.331 e. The van der Waals surface area contributed by atoms with Crippen LogP contribution in [-0.2, 0) is 32.7 Å². The van der Waals surface area contributed by atoms with Gasteiger partial charge in [0.15, 0.2) is 0 Å². The van der Waals surface area contributed by atoms with E-state index in [4.69, 9.17) is 11.5 Å². The molecular formula is C7H22N2Y. The molecule has 0 bridgehead atoms. The van der Waals surface area contributed by atoms with E-state index in [0.29, 0.717) is 0 Å². The monoisotopic (exact) mass is 223 g/mol. The van der Waals surface area contributed by atoms with Crippen LogP contribution in [0.3, 0.4) is 0 Å². The van der Waals surface area contributed by atoms with Crippen molar-refractivity contribution < 1.29 is 32.7 Å². The van der Waals surface area contributed by atoms with Gasteiger partial charge in [0.25, 0.3) is 0 Å². The summed E-state index contributed by atoms with van der Waals surface area (Å²) >= 11 is 0. The second-order valence-electron chi connectivity index (χ2n) is 1.52. The van der Waals surface area contributed by atoms with Crippen LogP contribution in [-0.4, -0.2) is 13.1 Å². The Morgan fingerprint density at radius 2 is 0.800 bits per heavy atom.